The minimum atomic E-state index is 0.130. The fourth-order valence-electron chi connectivity index (χ4n) is 1.57. The third-order valence-electron chi connectivity index (χ3n) is 2.86. The second kappa shape index (κ2) is 4.67. The Balaban J connectivity index is 2.73. The zero-order valence-electron chi connectivity index (χ0n) is 10.0. The standard InChI is InChI=1S/C13H21NO/c1-5-13(3,4)14-10(2)11-7-6-8-12(15)9-11/h6-10,14-15H,5H2,1-4H3. The molecule has 0 saturated carbocycles. The van der Waals surface area contributed by atoms with Crippen molar-refractivity contribution in [1.29, 1.82) is 0 Å². The molecule has 1 rings (SSSR count). The minimum absolute atomic E-state index is 0.130. The molecule has 1 aromatic rings. The SMILES string of the molecule is CCC(C)(C)NC(C)c1cccc(O)c1. The summed E-state index contributed by atoms with van der Waals surface area (Å²) in [6.07, 6.45) is 1.08. The van der Waals surface area contributed by atoms with E-state index in [-0.39, 0.29) is 11.6 Å². The van der Waals surface area contributed by atoms with Crippen molar-refractivity contribution < 1.29 is 5.11 Å². The maximum Gasteiger partial charge on any atom is 0.115 e. The van der Waals surface area contributed by atoms with E-state index in [1.54, 1.807) is 6.07 Å². The molecule has 0 aromatic heterocycles. The van der Waals surface area contributed by atoms with Crippen molar-refractivity contribution in [2.75, 3.05) is 0 Å². The number of hydrogen-bond acceptors (Lipinski definition) is 2. The fraction of sp³-hybridized carbons (Fsp3) is 0.538. The van der Waals surface area contributed by atoms with E-state index < -0.39 is 0 Å². The van der Waals surface area contributed by atoms with Crippen LogP contribution in [0.5, 0.6) is 5.75 Å². The van der Waals surface area contributed by atoms with Crippen LogP contribution in [0.2, 0.25) is 0 Å². The quantitative estimate of drug-likeness (QED) is 0.794. The number of phenols is 1. The molecule has 0 saturated heterocycles. The van der Waals surface area contributed by atoms with Crippen molar-refractivity contribution in [2.24, 2.45) is 0 Å². The molecule has 0 radical (unpaired) electrons. The molecule has 0 heterocycles. The molecule has 0 bridgehead atoms. The molecular formula is C13H21NO. The average molecular weight is 207 g/mol. The van der Waals surface area contributed by atoms with E-state index in [1.165, 1.54) is 0 Å². The summed E-state index contributed by atoms with van der Waals surface area (Å²) < 4.78 is 0. The first-order chi connectivity index (χ1) is 6.94. The number of nitrogens with one attached hydrogen (secondary N) is 1. The molecule has 2 heteroatoms. The zero-order valence-corrected chi connectivity index (χ0v) is 10.0. The number of rotatable bonds is 4. The van der Waals surface area contributed by atoms with E-state index in [9.17, 15) is 5.11 Å². The summed E-state index contributed by atoms with van der Waals surface area (Å²) in [5, 5.41) is 12.9. The van der Waals surface area contributed by atoms with Gasteiger partial charge in [0.25, 0.3) is 0 Å². The van der Waals surface area contributed by atoms with Crippen LogP contribution < -0.4 is 5.32 Å². The van der Waals surface area contributed by atoms with Crippen molar-refractivity contribution in [2.45, 2.75) is 45.7 Å². The number of aromatic hydroxyl groups is 1. The van der Waals surface area contributed by atoms with Crippen molar-refractivity contribution in [3.05, 3.63) is 29.8 Å². The van der Waals surface area contributed by atoms with Crippen LogP contribution in [0.4, 0.5) is 0 Å². The maximum absolute atomic E-state index is 9.39. The molecule has 0 spiro atoms. The summed E-state index contributed by atoms with van der Waals surface area (Å²) in [4.78, 5) is 0. The van der Waals surface area contributed by atoms with Gasteiger partial charge in [0.2, 0.25) is 0 Å². The Morgan fingerprint density at radius 3 is 2.60 bits per heavy atom. The van der Waals surface area contributed by atoms with Crippen LogP contribution in [0.3, 0.4) is 0 Å². The molecule has 0 aliphatic heterocycles. The van der Waals surface area contributed by atoms with Crippen LogP contribution in [0.25, 0.3) is 0 Å². The van der Waals surface area contributed by atoms with Gasteiger partial charge >= 0.3 is 0 Å². The molecule has 0 amide bonds. The van der Waals surface area contributed by atoms with Gasteiger partial charge in [-0.1, -0.05) is 19.1 Å². The lowest BCUT2D eigenvalue weighted by atomic mass is 9.98. The summed E-state index contributed by atoms with van der Waals surface area (Å²) in [5.74, 6) is 0.329. The molecule has 0 aliphatic rings. The molecule has 2 N–H and O–H groups in total. The van der Waals surface area contributed by atoms with E-state index in [2.05, 4.69) is 33.0 Å². The van der Waals surface area contributed by atoms with Gasteiger partial charge in [-0.25, -0.2) is 0 Å². The predicted molar refractivity (Wildman–Crippen MR) is 64.0 cm³/mol. The first kappa shape index (κ1) is 12.1. The first-order valence-electron chi connectivity index (χ1n) is 5.51. The highest BCUT2D eigenvalue weighted by Crippen LogP contribution is 2.21. The summed E-state index contributed by atoms with van der Waals surface area (Å²) in [5.41, 5.74) is 1.25. The lowest BCUT2D eigenvalue weighted by Crippen LogP contribution is -2.40. The lowest BCUT2D eigenvalue weighted by Gasteiger charge is -2.29. The van der Waals surface area contributed by atoms with E-state index in [0.717, 1.165) is 12.0 Å². The molecule has 84 valence electrons. The molecular weight excluding hydrogens is 186 g/mol. The summed E-state index contributed by atoms with van der Waals surface area (Å²) >= 11 is 0. The highest BCUT2D eigenvalue weighted by Gasteiger charge is 2.18. The van der Waals surface area contributed by atoms with Crippen molar-refractivity contribution in [3.8, 4) is 5.75 Å². The number of benzene rings is 1. The van der Waals surface area contributed by atoms with E-state index in [4.69, 9.17) is 0 Å². The Labute approximate surface area is 92.3 Å². The van der Waals surface area contributed by atoms with Crippen LogP contribution in [0.15, 0.2) is 24.3 Å². The summed E-state index contributed by atoms with van der Waals surface area (Å²) in [7, 11) is 0. The minimum Gasteiger partial charge on any atom is -0.508 e. The van der Waals surface area contributed by atoms with Crippen LogP contribution in [-0.4, -0.2) is 10.6 Å². The Morgan fingerprint density at radius 1 is 1.40 bits per heavy atom. The van der Waals surface area contributed by atoms with E-state index >= 15 is 0 Å². The third-order valence-corrected chi connectivity index (χ3v) is 2.86. The first-order valence-corrected chi connectivity index (χ1v) is 5.51. The summed E-state index contributed by atoms with van der Waals surface area (Å²) in [6, 6.07) is 7.67. The van der Waals surface area contributed by atoms with Crippen LogP contribution in [-0.2, 0) is 0 Å². The van der Waals surface area contributed by atoms with Crippen molar-refractivity contribution in [3.63, 3.8) is 0 Å². The van der Waals surface area contributed by atoms with Crippen LogP contribution in [0, 0.1) is 0 Å². The van der Waals surface area contributed by atoms with Crippen LogP contribution >= 0.6 is 0 Å². The highest BCUT2D eigenvalue weighted by molar-refractivity contribution is 5.29. The van der Waals surface area contributed by atoms with Gasteiger partial charge in [0.1, 0.15) is 5.75 Å². The number of hydrogen-bond donors (Lipinski definition) is 2. The zero-order chi connectivity index (χ0) is 11.5. The van der Waals surface area contributed by atoms with Gasteiger partial charge in [0, 0.05) is 11.6 Å². The van der Waals surface area contributed by atoms with Gasteiger partial charge in [0.15, 0.2) is 0 Å². The molecule has 0 fully saturated rings. The second-order valence-corrected chi connectivity index (χ2v) is 4.70. The second-order valence-electron chi connectivity index (χ2n) is 4.70. The van der Waals surface area contributed by atoms with Gasteiger partial charge in [-0.15, -0.1) is 0 Å². The molecule has 1 aromatic carbocycles. The normalized spacial score (nSPS) is 13.9. The molecule has 15 heavy (non-hydrogen) atoms. The van der Waals surface area contributed by atoms with E-state index in [0.29, 0.717) is 5.75 Å². The number of phenolic OH excluding ortho intramolecular Hbond substituents is 1. The molecule has 0 aliphatic carbocycles. The average Bonchev–Trinajstić information content (AvgIpc) is 2.17. The largest absolute Gasteiger partial charge is 0.508 e. The highest BCUT2D eigenvalue weighted by atomic mass is 16.3. The predicted octanol–water partition coefficient (Wildman–Crippen LogP) is 3.23. The monoisotopic (exact) mass is 207 g/mol. The Morgan fingerprint density at radius 2 is 2.07 bits per heavy atom. The van der Waals surface area contributed by atoms with Gasteiger partial charge in [-0.3, -0.25) is 0 Å². The fourth-order valence-corrected chi connectivity index (χ4v) is 1.57. The smallest absolute Gasteiger partial charge is 0.115 e. The third kappa shape index (κ3) is 3.56. The van der Waals surface area contributed by atoms with Gasteiger partial charge in [-0.2, -0.15) is 0 Å². The Hall–Kier alpha value is -1.02. The lowest BCUT2D eigenvalue weighted by molar-refractivity contribution is 0.337. The Kier molecular flexibility index (Phi) is 3.75. The molecule has 2 nitrogen and oxygen atoms in total. The molecule has 1 unspecified atom stereocenters. The van der Waals surface area contributed by atoms with Gasteiger partial charge in [0.05, 0.1) is 0 Å². The van der Waals surface area contributed by atoms with Gasteiger partial charge < -0.3 is 10.4 Å². The van der Waals surface area contributed by atoms with Crippen molar-refractivity contribution >= 4 is 0 Å². The maximum atomic E-state index is 9.39. The molecule has 1 atom stereocenters. The van der Waals surface area contributed by atoms with Gasteiger partial charge in [-0.05, 0) is 44.9 Å². The van der Waals surface area contributed by atoms with E-state index in [1.807, 2.05) is 18.2 Å². The van der Waals surface area contributed by atoms with Crippen molar-refractivity contribution in [1.82, 2.24) is 5.32 Å². The summed E-state index contributed by atoms with van der Waals surface area (Å²) in [6.45, 7) is 8.66. The Bertz CT molecular complexity index is 320. The van der Waals surface area contributed by atoms with Crippen LogP contribution in [0.1, 0.15) is 45.7 Å². The topological polar surface area (TPSA) is 32.3 Å².